The van der Waals surface area contributed by atoms with Gasteiger partial charge in [-0.15, -0.1) is 0 Å². The van der Waals surface area contributed by atoms with Gasteiger partial charge in [0.05, 0.1) is 26.9 Å². The van der Waals surface area contributed by atoms with Crippen molar-refractivity contribution in [1.82, 2.24) is 4.84 Å². The fourth-order valence-corrected chi connectivity index (χ4v) is 2.42. The van der Waals surface area contributed by atoms with Crippen molar-refractivity contribution < 1.29 is 24.5 Å². The van der Waals surface area contributed by atoms with Gasteiger partial charge in [0.15, 0.2) is 5.54 Å². The third-order valence-corrected chi connectivity index (χ3v) is 3.98. The number of aryl methyl sites for hydroxylation is 1. The summed E-state index contributed by atoms with van der Waals surface area (Å²) < 4.78 is 9.67. The summed E-state index contributed by atoms with van der Waals surface area (Å²) in [6.07, 6.45) is 0.443. The summed E-state index contributed by atoms with van der Waals surface area (Å²) in [7, 11) is 2.77. The highest BCUT2D eigenvalue weighted by Gasteiger charge is 2.45. The number of benzene rings is 1. The zero-order valence-corrected chi connectivity index (χ0v) is 13.5. The Labute approximate surface area is 135 Å². The van der Waals surface area contributed by atoms with Gasteiger partial charge in [-0.1, -0.05) is 12.1 Å². The van der Waals surface area contributed by atoms with Crippen molar-refractivity contribution >= 4 is 17.7 Å². The first kappa shape index (κ1) is 18.7. The molecule has 7 heteroatoms. The van der Waals surface area contributed by atoms with Crippen LogP contribution in [-0.2, 0) is 16.0 Å². The summed E-state index contributed by atoms with van der Waals surface area (Å²) in [4.78, 5) is 13.9. The van der Waals surface area contributed by atoms with E-state index in [9.17, 15) is 15.0 Å². The van der Waals surface area contributed by atoms with Crippen molar-refractivity contribution in [2.45, 2.75) is 30.9 Å². The molecule has 1 aromatic rings. The molecule has 22 heavy (non-hydrogen) atoms. The fourth-order valence-electron chi connectivity index (χ4n) is 2.16. The van der Waals surface area contributed by atoms with E-state index < -0.39 is 24.2 Å². The summed E-state index contributed by atoms with van der Waals surface area (Å²) in [6, 6.07) is 7.59. The minimum absolute atomic E-state index is 0.279. The Morgan fingerprint density at radius 3 is 2.45 bits per heavy atom. The second-order valence-electron chi connectivity index (χ2n) is 4.97. The normalized spacial score (nSPS) is 15.0. The quantitative estimate of drug-likeness (QED) is 0.462. The van der Waals surface area contributed by atoms with Crippen LogP contribution in [0.5, 0.6) is 5.75 Å². The van der Waals surface area contributed by atoms with Crippen LogP contribution in [0.15, 0.2) is 24.3 Å². The lowest BCUT2D eigenvalue weighted by Gasteiger charge is -2.31. The van der Waals surface area contributed by atoms with Crippen LogP contribution in [0.4, 0.5) is 0 Å². The number of carbonyl (C=O) groups is 1. The largest absolute Gasteiger partial charge is 0.497 e. The number of aliphatic hydroxyl groups is 2. The van der Waals surface area contributed by atoms with Gasteiger partial charge < -0.3 is 19.7 Å². The highest BCUT2D eigenvalue weighted by Crippen LogP contribution is 2.20. The van der Waals surface area contributed by atoms with Gasteiger partial charge in [0.2, 0.25) is 0 Å². The number of methoxy groups -OCH3 is 2. The van der Waals surface area contributed by atoms with E-state index in [-0.39, 0.29) is 6.42 Å². The number of hydrogen-bond donors (Lipinski definition) is 3. The number of rotatable bonds is 9. The van der Waals surface area contributed by atoms with Gasteiger partial charge in [-0.25, -0.2) is 9.63 Å². The number of esters is 1. The summed E-state index contributed by atoms with van der Waals surface area (Å²) in [5.74, 6) is -0.0259. The van der Waals surface area contributed by atoms with Crippen LogP contribution in [-0.4, -0.2) is 48.7 Å². The maximum Gasteiger partial charge on any atom is 0.332 e. The average Bonchev–Trinajstić information content (AvgIpc) is 2.56. The molecule has 0 aliphatic heterocycles. The highest BCUT2D eigenvalue weighted by molar-refractivity contribution is 6.15. The Hall–Kier alpha value is -1.34. The first-order valence-electron chi connectivity index (χ1n) is 6.92. The van der Waals surface area contributed by atoms with Crippen molar-refractivity contribution in [1.29, 1.82) is 0 Å². The average molecular weight is 332 g/mol. The molecule has 3 N–H and O–H groups in total. The number of nitrogens with one attached hydrogen (secondary N) is 1. The molecule has 0 saturated carbocycles. The Bertz CT molecular complexity index is 462. The number of aliphatic hydroxyl groups excluding tert-OH is 2. The van der Waals surface area contributed by atoms with Crippen LogP contribution in [0.3, 0.4) is 0 Å². The molecular weight excluding hydrogens is 310 g/mol. The van der Waals surface area contributed by atoms with E-state index in [0.717, 1.165) is 11.3 Å². The van der Waals surface area contributed by atoms with E-state index in [1.54, 1.807) is 7.11 Å². The lowest BCUT2D eigenvalue weighted by Crippen LogP contribution is -2.60. The molecule has 2 unspecified atom stereocenters. The molecule has 6 nitrogen and oxygen atoms in total. The smallest absolute Gasteiger partial charge is 0.332 e. The van der Waals surface area contributed by atoms with E-state index in [1.807, 2.05) is 24.3 Å². The molecule has 124 valence electrons. The minimum Gasteiger partial charge on any atom is -0.497 e. The van der Waals surface area contributed by atoms with Crippen LogP contribution in [0.1, 0.15) is 18.4 Å². The highest BCUT2D eigenvalue weighted by atomic mass is 35.5. The molecule has 1 rings (SSSR count). The van der Waals surface area contributed by atoms with E-state index in [1.165, 1.54) is 7.11 Å². The van der Waals surface area contributed by atoms with Crippen LogP contribution in [0.25, 0.3) is 0 Å². The van der Waals surface area contributed by atoms with Crippen molar-refractivity contribution in [2.24, 2.45) is 0 Å². The van der Waals surface area contributed by atoms with Gasteiger partial charge in [0.1, 0.15) is 5.75 Å². The Kier molecular flexibility index (Phi) is 7.61. The van der Waals surface area contributed by atoms with E-state index in [0.29, 0.717) is 12.8 Å². The molecule has 0 spiro atoms. The number of hydrogen-bond acceptors (Lipinski definition) is 6. The summed E-state index contributed by atoms with van der Waals surface area (Å²) >= 11 is 5.54. The molecule has 0 aliphatic carbocycles. The number of carbonyl (C=O) groups excluding carboxylic acids is 1. The SMILES string of the molecule is COC(=O)C(CO)(NCl)C(O)CCCc1ccc(OC)cc1. The molecule has 0 heterocycles. The van der Waals surface area contributed by atoms with Crippen molar-refractivity contribution in [3.05, 3.63) is 29.8 Å². The second kappa shape index (κ2) is 8.95. The van der Waals surface area contributed by atoms with E-state index in [2.05, 4.69) is 9.57 Å². The van der Waals surface area contributed by atoms with Gasteiger partial charge in [-0.3, -0.25) is 0 Å². The standard InChI is InChI=1S/C15H22ClNO5/c1-21-12-8-6-11(7-9-12)4-3-5-13(19)15(10-18,17-16)14(20)22-2/h6-9,13,17-19H,3-5,10H2,1-2H3. The lowest BCUT2D eigenvalue weighted by atomic mass is 9.90. The van der Waals surface area contributed by atoms with Gasteiger partial charge in [0, 0.05) is 0 Å². The number of ether oxygens (including phenoxy) is 2. The van der Waals surface area contributed by atoms with Crippen molar-refractivity contribution in [3.63, 3.8) is 0 Å². The molecule has 0 aliphatic rings. The summed E-state index contributed by atoms with van der Waals surface area (Å²) in [6.45, 7) is -0.660. The zero-order chi connectivity index (χ0) is 16.6. The minimum atomic E-state index is -1.71. The molecular formula is C15H22ClNO5. The van der Waals surface area contributed by atoms with Crippen molar-refractivity contribution in [2.75, 3.05) is 20.8 Å². The first-order chi connectivity index (χ1) is 10.5. The third kappa shape index (κ3) is 4.33. The number of halogens is 1. The monoisotopic (exact) mass is 331 g/mol. The predicted octanol–water partition coefficient (Wildman–Crippen LogP) is 1.03. The summed E-state index contributed by atoms with van der Waals surface area (Å²) in [5.41, 5.74) is -0.629. The lowest BCUT2D eigenvalue weighted by molar-refractivity contribution is -0.155. The molecule has 0 radical (unpaired) electrons. The topological polar surface area (TPSA) is 88.0 Å². The molecule has 1 aromatic carbocycles. The van der Waals surface area contributed by atoms with E-state index in [4.69, 9.17) is 16.5 Å². The Balaban J connectivity index is 2.59. The maximum atomic E-state index is 11.7. The predicted molar refractivity (Wildman–Crippen MR) is 82.8 cm³/mol. The van der Waals surface area contributed by atoms with Gasteiger partial charge in [0.25, 0.3) is 0 Å². The van der Waals surface area contributed by atoms with Gasteiger partial charge in [-0.05, 0) is 48.7 Å². The molecule has 0 fully saturated rings. The van der Waals surface area contributed by atoms with Gasteiger partial charge >= 0.3 is 5.97 Å². The maximum absolute atomic E-state index is 11.7. The van der Waals surface area contributed by atoms with Crippen LogP contribution in [0, 0.1) is 0 Å². The first-order valence-corrected chi connectivity index (χ1v) is 7.30. The molecule has 0 aromatic heterocycles. The summed E-state index contributed by atoms with van der Waals surface area (Å²) in [5, 5.41) is 19.6. The molecule has 2 atom stereocenters. The van der Waals surface area contributed by atoms with Crippen LogP contribution >= 0.6 is 11.8 Å². The van der Waals surface area contributed by atoms with Crippen molar-refractivity contribution in [3.8, 4) is 5.75 Å². The molecule has 0 bridgehead atoms. The van der Waals surface area contributed by atoms with Crippen LogP contribution < -0.4 is 9.57 Å². The van der Waals surface area contributed by atoms with E-state index >= 15 is 0 Å². The fraction of sp³-hybridized carbons (Fsp3) is 0.533. The third-order valence-electron chi connectivity index (χ3n) is 3.64. The van der Waals surface area contributed by atoms with Crippen LogP contribution in [0.2, 0.25) is 0 Å². The molecule has 0 amide bonds. The Morgan fingerprint density at radius 2 is 2.00 bits per heavy atom. The second-order valence-corrected chi connectivity index (χ2v) is 5.16. The molecule has 0 saturated heterocycles. The Morgan fingerprint density at radius 1 is 1.36 bits per heavy atom. The van der Waals surface area contributed by atoms with Gasteiger partial charge in [-0.2, -0.15) is 0 Å². The zero-order valence-electron chi connectivity index (χ0n) is 12.7.